The topological polar surface area (TPSA) is 137 Å². The second kappa shape index (κ2) is 6.67. The first-order valence-corrected chi connectivity index (χ1v) is 7.24. The van der Waals surface area contributed by atoms with Crippen molar-refractivity contribution in [3.8, 4) is 0 Å². The molecule has 2 aromatic heterocycles. The lowest BCUT2D eigenvalue weighted by molar-refractivity contribution is 0.0919. The summed E-state index contributed by atoms with van der Waals surface area (Å²) in [4.78, 5) is 23.2. The molecule has 0 fully saturated rings. The van der Waals surface area contributed by atoms with Crippen molar-refractivity contribution in [3.63, 3.8) is 0 Å². The summed E-state index contributed by atoms with van der Waals surface area (Å²) in [5.41, 5.74) is 3.45. The largest absolute Gasteiger partial charge is 0.455 e. The molecule has 0 aromatic carbocycles. The van der Waals surface area contributed by atoms with Crippen LogP contribution in [-0.4, -0.2) is 11.8 Å². The zero-order valence-electron chi connectivity index (χ0n) is 13.0. The molecule has 0 bridgehead atoms. The van der Waals surface area contributed by atoms with E-state index in [0.29, 0.717) is 24.4 Å². The molecule has 8 heteroatoms. The number of rotatable bonds is 6. The molecule has 124 valence electrons. The summed E-state index contributed by atoms with van der Waals surface area (Å²) in [5, 5.41) is 0. The van der Waals surface area contributed by atoms with E-state index in [1.807, 2.05) is 24.7 Å². The lowest BCUT2D eigenvalue weighted by Gasteiger charge is -2.27. The molecule has 6 N–H and O–H groups in total. The highest BCUT2D eigenvalue weighted by Gasteiger charge is 2.38. The van der Waals surface area contributed by atoms with E-state index in [1.54, 1.807) is 24.3 Å². The number of furan rings is 2. The van der Waals surface area contributed by atoms with Crippen molar-refractivity contribution in [2.75, 3.05) is 0 Å². The number of nitrogen functional groups attached to an aromatic ring is 2. The predicted molar refractivity (Wildman–Crippen MR) is 82.1 cm³/mol. The van der Waals surface area contributed by atoms with Gasteiger partial charge in [0.15, 0.2) is 11.5 Å². The standard InChI is InChI=1S/C15H20N4O4/c1-3-15(4-2,11-7-5-9(22-11)13(20)18-16)12-8-6-10(23-12)14(21)19-17/h5-8H,3-4,16-17H2,1-2H3,(H,18,20)(H,19,21). The molecule has 8 nitrogen and oxygen atoms in total. The van der Waals surface area contributed by atoms with Gasteiger partial charge < -0.3 is 8.83 Å². The van der Waals surface area contributed by atoms with Crippen molar-refractivity contribution in [1.29, 1.82) is 0 Å². The third-order valence-electron chi connectivity index (χ3n) is 4.07. The van der Waals surface area contributed by atoms with E-state index in [2.05, 4.69) is 0 Å². The van der Waals surface area contributed by atoms with Gasteiger partial charge in [-0.2, -0.15) is 0 Å². The van der Waals surface area contributed by atoms with Gasteiger partial charge in [-0.3, -0.25) is 20.4 Å². The van der Waals surface area contributed by atoms with E-state index in [0.717, 1.165) is 0 Å². The zero-order valence-corrected chi connectivity index (χ0v) is 13.0. The molecule has 0 aliphatic carbocycles. The van der Waals surface area contributed by atoms with Gasteiger partial charge in [0.25, 0.3) is 0 Å². The van der Waals surface area contributed by atoms with Crippen molar-refractivity contribution in [2.45, 2.75) is 32.1 Å². The first-order chi connectivity index (χ1) is 11.0. The Labute approximate surface area is 133 Å². The predicted octanol–water partition coefficient (Wildman–Crippen LogP) is 1.19. The average Bonchev–Trinajstić information content (AvgIpc) is 3.25. The molecule has 0 aliphatic rings. The summed E-state index contributed by atoms with van der Waals surface area (Å²) in [6, 6.07) is 6.52. The number of nitrogens with one attached hydrogen (secondary N) is 2. The highest BCUT2D eigenvalue weighted by atomic mass is 16.4. The zero-order chi connectivity index (χ0) is 17.0. The lowest BCUT2D eigenvalue weighted by atomic mass is 9.78. The Morgan fingerprint density at radius 1 is 0.913 bits per heavy atom. The van der Waals surface area contributed by atoms with Gasteiger partial charge in [-0.25, -0.2) is 11.7 Å². The van der Waals surface area contributed by atoms with Crippen LogP contribution in [0.2, 0.25) is 0 Å². The Morgan fingerprint density at radius 2 is 1.30 bits per heavy atom. The van der Waals surface area contributed by atoms with Crippen LogP contribution in [0.1, 0.15) is 59.3 Å². The van der Waals surface area contributed by atoms with E-state index in [4.69, 9.17) is 20.5 Å². The molecule has 0 saturated heterocycles. The quantitative estimate of drug-likeness (QED) is 0.358. The minimum absolute atomic E-state index is 0.111. The Kier molecular flexibility index (Phi) is 4.87. The molecule has 0 saturated carbocycles. The van der Waals surface area contributed by atoms with Crippen LogP contribution < -0.4 is 22.5 Å². The maximum atomic E-state index is 11.6. The summed E-state index contributed by atoms with van der Waals surface area (Å²) in [7, 11) is 0. The van der Waals surface area contributed by atoms with Crippen molar-refractivity contribution in [1.82, 2.24) is 10.9 Å². The highest BCUT2D eigenvalue weighted by molar-refractivity contribution is 5.91. The molecular formula is C15H20N4O4. The molecule has 0 aliphatic heterocycles. The number of carbonyl (C=O) groups excluding carboxylic acids is 2. The summed E-state index contributed by atoms with van der Waals surface area (Å²) in [5.74, 6) is 10.6. The molecule has 2 aromatic rings. The first kappa shape index (κ1) is 16.8. The van der Waals surface area contributed by atoms with Crippen molar-refractivity contribution >= 4 is 11.8 Å². The maximum Gasteiger partial charge on any atom is 0.300 e. The third kappa shape index (κ3) is 2.86. The third-order valence-corrected chi connectivity index (χ3v) is 4.07. The van der Waals surface area contributed by atoms with Crippen molar-refractivity contribution < 1.29 is 18.4 Å². The fourth-order valence-corrected chi connectivity index (χ4v) is 2.64. The fourth-order valence-electron chi connectivity index (χ4n) is 2.64. The molecule has 0 radical (unpaired) electrons. The van der Waals surface area contributed by atoms with Gasteiger partial charge in [-0.05, 0) is 37.1 Å². The number of hydrazine groups is 2. The van der Waals surface area contributed by atoms with E-state index in [1.165, 1.54) is 0 Å². The molecule has 2 rings (SSSR count). The Balaban J connectivity index is 2.46. The summed E-state index contributed by atoms with van der Waals surface area (Å²) in [6.45, 7) is 3.94. The van der Waals surface area contributed by atoms with E-state index >= 15 is 0 Å². The lowest BCUT2D eigenvalue weighted by Crippen LogP contribution is -2.30. The average molecular weight is 320 g/mol. The van der Waals surface area contributed by atoms with Crippen LogP contribution in [0.3, 0.4) is 0 Å². The molecule has 2 amide bonds. The number of carbonyl (C=O) groups is 2. The molecule has 0 spiro atoms. The van der Waals surface area contributed by atoms with Crippen molar-refractivity contribution in [2.24, 2.45) is 11.7 Å². The first-order valence-electron chi connectivity index (χ1n) is 7.24. The van der Waals surface area contributed by atoms with Crippen LogP contribution in [0, 0.1) is 0 Å². The second-order valence-electron chi connectivity index (χ2n) is 5.06. The minimum atomic E-state index is -0.597. The van der Waals surface area contributed by atoms with Crippen LogP contribution in [0.25, 0.3) is 0 Å². The second-order valence-corrected chi connectivity index (χ2v) is 5.06. The number of hydrogen-bond donors (Lipinski definition) is 4. The molecule has 23 heavy (non-hydrogen) atoms. The van der Waals surface area contributed by atoms with Gasteiger partial charge in [-0.15, -0.1) is 0 Å². The molecular weight excluding hydrogens is 300 g/mol. The summed E-state index contributed by atoms with van der Waals surface area (Å²) in [6.07, 6.45) is 1.30. The van der Waals surface area contributed by atoms with Crippen LogP contribution in [0.5, 0.6) is 0 Å². The van der Waals surface area contributed by atoms with Crippen LogP contribution in [-0.2, 0) is 5.41 Å². The van der Waals surface area contributed by atoms with Gasteiger partial charge in [0.1, 0.15) is 11.5 Å². The normalized spacial score (nSPS) is 11.3. The Bertz CT molecular complexity index is 644. The number of amides is 2. The SMILES string of the molecule is CCC(CC)(c1ccc(C(=O)NN)o1)c1ccc(C(=O)NN)o1. The van der Waals surface area contributed by atoms with E-state index in [-0.39, 0.29) is 11.5 Å². The fraction of sp³-hybridized carbons (Fsp3) is 0.333. The Hall–Kier alpha value is -2.58. The van der Waals surface area contributed by atoms with Crippen LogP contribution in [0.15, 0.2) is 33.1 Å². The molecule has 0 unspecified atom stereocenters. The van der Waals surface area contributed by atoms with Gasteiger partial charge in [0.05, 0.1) is 5.41 Å². The van der Waals surface area contributed by atoms with Gasteiger partial charge >= 0.3 is 11.8 Å². The Morgan fingerprint density at radius 3 is 1.61 bits per heavy atom. The van der Waals surface area contributed by atoms with Crippen LogP contribution in [0.4, 0.5) is 0 Å². The van der Waals surface area contributed by atoms with Crippen molar-refractivity contribution in [3.05, 3.63) is 47.3 Å². The molecule has 2 heterocycles. The van der Waals surface area contributed by atoms with E-state index < -0.39 is 17.2 Å². The van der Waals surface area contributed by atoms with Gasteiger partial charge in [0.2, 0.25) is 0 Å². The maximum absolute atomic E-state index is 11.6. The minimum Gasteiger partial charge on any atom is -0.455 e. The summed E-state index contributed by atoms with van der Waals surface area (Å²) >= 11 is 0. The monoisotopic (exact) mass is 320 g/mol. The highest BCUT2D eigenvalue weighted by Crippen LogP contribution is 2.40. The van der Waals surface area contributed by atoms with E-state index in [9.17, 15) is 9.59 Å². The smallest absolute Gasteiger partial charge is 0.300 e. The van der Waals surface area contributed by atoms with Gasteiger partial charge in [-0.1, -0.05) is 13.8 Å². The molecule has 0 atom stereocenters. The number of nitrogens with two attached hydrogens (primary N) is 2. The van der Waals surface area contributed by atoms with Gasteiger partial charge in [0, 0.05) is 0 Å². The van der Waals surface area contributed by atoms with Crippen LogP contribution >= 0.6 is 0 Å². The summed E-state index contributed by atoms with van der Waals surface area (Å²) < 4.78 is 11.3. The number of hydrogen-bond acceptors (Lipinski definition) is 6.